The molecule has 2 rings (SSSR count). The minimum atomic E-state index is 0.0781. The highest BCUT2D eigenvalue weighted by Crippen LogP contribution is 2.24. The van der Waals surface area contributed by atoms with Crippen molar-refractivity contribution in [3.05, 3.63) is 52.6 Å². The molecule has 3 nitrogen and oxygen atoms in total. The van der Waals surface area contributed by atoms with E-state index in [1.807, 2.05) is 43.9 Å². The Bertz CT molecular complexity index is 519. The maximum absolute atomic E-state index is 6.15. The van der Waals surface area contributed by atoms with Gasteiger partial charge in [-0.3, -0.25) is 0 Å². The summed E-state index contributed by atoms with van der Waals surface area (Å²) in [6.07, 6.45) is 3.81. The number of hydrogen-bond donors (Lipinski definition) is 1. The highest BCUT2D eigenvalue weighted by Gasteiger charge is 2.15. The van der Waals surface area contributed by atoms with Crippen molar-refractivity contribution >= 4 is 11.6 Å². The van der Waals surface area contributed by atoms with Crippen LogP contribution in [0.25, 0.3) is 0 Å². The van der Waals surface area contributed by atoms with Crippen LogP contribution in [0.5, 0.6) is 0 Å². The number of aryl methyl sites for hydroxylation is 2. The van der Waals surface area contributed by atoms with Crippen molar-refractivity contribution in [3.8, 4) is 0 Å². The first kappa shape index (κ1) is 12.1. The zero-order chi connectivity index (χ0) is 12.4. The van der Waals surface area contributed by atoms with Gasteiger partial charge in [-0.25, -0.2) is 4.98 Å². The molecule has 1 unspecified atom stereocenters. The minimum absolute atomic E-state index is 0.0781. The van der Waals surface area contributed by atoms with Crippen LogP contribution in [0.3, 0.4) is 0 Å². The zero-order valence-electron chi connectivity index (χ0n) is 10.2. The van der Waals surface area contributed by atoms with Crippen molar-refractivity contribution in [2.45, 2.75) is 13.0 Å². The van der Waals surface area contributed by atoms with Crippen molar-refractivity contribution in [1.82, 2.24) is 14.9 Å². The first-order valence-corrected chi connectivity index (χ1v) is 5.91. The molecule has 0 aliphatic carbocycles. The van der Waals surface area contributed by atoms with Crippen molar-refractivity contribution in [1.29, 1.82) is 0 Å². The van der Waals surface area contributed by atoms with Gasteiger partial charge in [0.15, 0.2) is 0 Å². The molecular formula is C13H16ClN3. The molecule has 90 valence electrons. The molecule has 1 N–H and O–H groups in total. The van der Waals surface area contributed by atoms with Gasteiger partial charge in [-0.2, -0.15) is 0 Å². The molecule has 0 amide bonds. The van der Waals surface area contributed by atoms with E-state index in [2.05, 4.69) is 16.4 Å². The van der Waals surface area contributed by atoms with Crippen LogP contribution in [0.2, 0.25) is 5.02 Å². The highest BCUT2D eigenvalue weighted by molar-refractivity contribution is 6.31. The van der Waals surface area contributed by atoms with Crippen LogP contribution >= 0.6 is 11.6 Å². The maximum Gasteiger partial charge on any atom is 0.0947 e. The number of imidazole rings is 1. The Hall–Kier alpha value is -1.32. The Morgan fingerprint density at radius 3 is 2.71 bits per heavy atom. The number of nitrogens with one attached hydrogen (secondary N) is 1. The quantitative estimate of drug-likeness (QED) is 0.907. The monoisotopic (exact) mass is 249 g/mol. The molecule has 1 heterocycles. The van der Waals surface area contributed by atoms with Crippen LogP contribution in [0.15, 0.2) is 30.7 Å². The normalized spacial score (nSPS) is 12.7. The number of nitrogens with zero attached hydrogens (tertiary/aromatic N) is 2. The Morgan fingerprint density at radius 1 is 1.41 bits per heavy atom. The first-order chi connectivity index (χ1) is 8.11. The van der Waals surface area contributed by atoms with E-state index in [0.717, 1.165) is 21.8 Å². The second-order valence-corrected chi connectivity index (χ2v) is 4.60. The second kappa shape index (κ2) is 4.90. The lowest BCUT2D eigenvalue weighted by Gasteiger charge is -2.15. The largest absolute Gasteiger partial charge is 0.340 e. The molecule has 0 bridgehead atoms. The zero-order valence-corrected chi connectivity index (χ0v) is 11.0. The van der Waals surface area contributed by atoms with Crippen molar-refractivity contribution in [3.63, 3.8) is 0 Å². The highest BCUT2D eigenvalue weighted by atomic mass is 35.5. The third-order valence-electron chi connectivity index (χ3n) is 2.84. The maximum atomic E-state index is 6.15. The summed E-state index contributed by atoms with van der Waals surface area (Å²) in [5, 5.41) is 4.05. The van der Waals surface area contributed by atoms with Gasteiger partial charge in [-0.15, -0.1) is 0 Å². The summed E-state index contributed by atoms with van der Waals surface area (Å²) in [4.78, 5) is 4.37. The summed E-state index contributed by atoms with van der Waals surface area (Å²) in [6.45, 7) is 2.00. The Labute approximate surface area is 106 Å². The number of hydrogen-bond acceptors (Lipinski definition) is 2. The van der Waals surface area contributed by atoms with Gasteiger partial charge in [0, 0.05) is 18.3 Å². The molecule has 0 aliphatic rings. The van der Waals surface area contributed by atoms with E-state index >= 15 is 0 Å². The SMILES string of the molecule is CNC(c1ccc(C)c(Cl)c1)c1cn(C)cn1. The van der Waals surface area contributed by atoms with E-state index in [4.69, 9.17) is 11.6 Å². The Balaban J connectivity index is 2.38. The summed E-state index contributed by atoms with van der Waals surface area (Å²) < 4.78 is 1.94. The molecule has 1 aromatic carbocycles. The summed E-state index contributed by atoms with van der Waals surface area (Å²) in [5.41, 5.74) is 3.21. The fourth-order valence-corrected chi connectivity index (χ4v) is 2.05. The first-order valence-electron chi connectivity index (χ1n) is 5.53. The van der Waals surface area contributed by atoms with Crippen LogP contribution in [0.4, 0.5) is 0 Å². The number of halogens is 1. The summed E-state index contributed by atoms with van der Waals surface area (Å²) in [6, 6.07) is 6.18. The van der Waals surface area contributed by atoms with Crippen LogP contribution < -0.4 is 5.32 Å². The van der Waals surface area contributed by atoms with E-state index in [1.165, 1.54) is 0 Å². The summed E-state index contributed by atoms with van der Waals surface area (Å²) >= 11 is 6.15. The topological polar surface area (TPSA) is 29.9 Å². The van der Waals surface area contributed by atoms with Crippen LogP contribution in [0, 0.1) is 6.92 Å². The standard InChI is InChI=1S/C13H16ClN3/c1-9-4-5-10(6-11(9)14)13(15-2)12-7-17(3)8-16-12/h4-8,13,15H,1-3H3. The third kappa shape index (κ3) is 2.51. The molecule has 0 saturated carbocycles. The molecule has 0 spiro atoms. The molecular weight excluding hydrogens is 234 g/mol. The second-order valence-electron chi connectivity index (χ2n) is 4.19. The van der Waals surface area contributed by atoms with Crippen molar-refractivity contribution in [2.75, 3.05) is 7.05 Å². The predicted octanol–water partition coefficient (Wildman–Crippen LogP) is 2.69. The van der Waals surface area contributed by atoms with Crippen LogP contribution in [-0.2, 0) is 7.05 Å². The van der Waals surface area contributed by atoms with Gasteiger partial charge in [0.05, 0.1) is 18.1 Å². The van der Waals surface area contributed by atoms with Gasteiger partial charge >= 0.3 is 0 Å². The van der Waals surface area contributed by atoms with Gasteiger partial charge < -0.3 is 9.88 Å². The summed E-state index contributed by atoms with van der Waals surface area (Å²) in [7, 11) is 3.89. The van der Waals surface area contributed by atoms with Gasteiger partial charge in [0.1, 0.15) is 0 Å². The Morgan fingerprint density at radius 2 is 2.18 bits per heavy atom. The van der Waals surface area contributed by atoms with Crippen molar-refractivity contribution in [2.24, 2.45) is 7.05 Å². The lowest BCUT2D eigenvalue weighted by Crippen LogP contribution is -2.18. The van der Waals surface area contributed by atoms with E-state index in [0.29, 0.717) is 0 Å². The molecule has 1 atom stereocenters. The molecule has 1 aromatic heterocycles. The number of rotatable bonds is 3. The lowest BCUT2D eigenvalue weighted by molar-refractivity contribution is 0.674. The minimum Gasteiger partial charge on any atom is -0.340 e. The number of benzene rings is 1. The molecule has 4 heteroatoms. The van der Waals surface area contributed by atoms with E-state index in [9.17, 15) is 0 Å². The molecule has 0 aliphatic heterocycles. The van der Waals surface area contributed by atoms with Gasteiger partial charge in [0.25, 0.3) is 0 Å². The fourth-order valence-electron chi connectivity index (χ4n) is 1.86. The summed E-state index contributed by atoms with van der Waals surface area (Å²) in [5.74, 6) is 0. The fraction of sp³-hybridized carbons (Fsp3) is 0.308. The lowest BCUT2D eigenvalue weighted by atomic mass is 10.0. The van der Waals surface area contributed by atoms with E-state index < -0.39 is 0 Å². The molecule has 2 aromatic rings. The molecule has 0 saturated heterocycles. The third-order valence-corrected chi connectivity index (χ3v) is 3.25. The average Bonchev–Trinajstić information content (AvgIpc) is 2.71. The predicted molar refractivity (Wildman–Crippen MR) is 70.3 cm³/mol. The average molecular weight is 250 g/mol. The van der Waals surface area contributed by atoms with Crippen LogP contribution in [-0.4, -0.2) is 16.6 Å². The van der Waals surface area contributed by atoms with E-state index in [1.54, 1.807) is 6.33 Å². The van der Waals surface area contributed by atoms with Gasteiger partial charge in [0.2, 0.25) is 0 Å². The van der Waals surface area contributed by atoms with Crippen LogP contribution in [0.1, 0.15) is 22.9 Å². The number of aromatic nitrogens is 2. The molecule has 0 radical (unpaired) electrons. The molecule has 0 fully saturated rings. The van der Waals surface area contributed by atoms with Gasteiger partial charge in [-0.05, 0) is 31.2 Å². The van der Waals surface area contributed by atoms with E-state index in [-0.39, 0.29) is 6.04 Å². The molecule has 17 heavy (non-hydrogen) atoms. The van der Waals surface area contributed by atoms with Crippen molar-refractivity contribution < 1.29 is 0 Å². The smallest absolute Gasteiger partial charge is 0.0947 e. The Kier molecular flexibility index (Phi) is 3.50. The van der Waals surface area contributed by atoms with Gasteiger partial charge in [-0.1, -0.05) is 23.7 Å².